The molecule has 0 heterocycles. The van der Waals surface area contributed by atoms with Crippen molar-refractivity contribution in [3.8, 4) is 5.75 Å². The van der Waals surface area contributed by atoms with E-state index in [2.05, 4.69) is 0 Å². The lowest BCUT2D eigenvalue weighted by molar-refractivity contribution is 0.106. The molecule has 1 rings (SSSR count). The van der Waals surface area contributed by atoms with Crippen LogP contribution in [0.3, 0.4) is 0 Å². The summed E-state index contributed by atoms with van der Waals surface area (Å²) in [5, 5.41) is 0. The number of ether oxygens (including phenoxy) is 2. The molecule has 0 saturated carbocycles. The van der Waals surface area contributed by atoms with Crippen LogP contribution in [0.4, 0.5) is 4.39 Å². The zero-order valence-corrected chi connectivity index (χ0v) is 8.83. The van der Waals surface area contributed by atoms with Crippen LogP contribution in [0.1, 0.15) is 5.56 Å². The summed E-state index contributed by atoms with van der Waals surface area (Å²) in [6, 6.07) is 4.66. The quantitative estimate of drug-likeness (QED) is 0.728. The third-order valence-electron chi connectivity index (χ3n) is 1.89. The average Bonchev–Trinajstić information content (AvgIpc) is 2.23. The van der Waals surface area contributed by atoms with Crippen LogP contribution >= 0.6 is 0 Å². The molecule has 0 aliphatic rings. The minimum atomic E-state index is -0.221. The van der Waals surface area contributed by atoms with Gasteiger partial charge in [0.05, 0.1) is 13.2 Å². The fraction of sp³-hybridized carbons (Fsp3) is 0.455. The lowest BCUT2D eigenvalue weighted by Crippen LogP contribution is -2.13. The number of halogens is 1. The predicted octanol–water partition coefficient (Wildman–Crippen LogP) is 1.49. The van der Waals surface area contributed by atoms with Crippen LogP contribution in [0.5, 0.6) is 5.75 Å². The molecule has 2 N–H and O–H groups in total. The first-order valence-corrected chi connectivity index (χ1v) is 4.91. The van der Waals surface area contributed by atoms with Crippen molar-refractivity contribution in [2.75, 3.05) is 26.4 Å². The Morgan fingerprint density at radius 1 is 1.27 bits per heavy atom. The Kier molecular flexibility index (Phi) is 5.07. The van der Waals surface area contributed by atoms with Gasteiger partial charge in [-0.3, -0.25) is 0 Å². The summed E-state index contributed by atoms with van der Waals surface area (Å²) in [5.41, 5.74) is 5.83. The summed E-state index contributed by atoms with van der Waals surface area (Å²) >= 11 is 0. The molecule has 3 nitrogen and oxygen atoms in total. The van der Waals surface area contributed by atoms with Gasteiger partial charge in [-0.15, -0.1) is 0 Å². The molecule has 0 bridgehead atoms. The van der Waals surface area contributed by atoms with Crippen molar-refractivity contribution in [3.05, 3.63) is 29.6 Å². The highest BCUT2D eigenvalue weighted by atomic mass is 19.1. The fourth-order valence-corrected chi connectivity index (χ4v) is 1.11. The summed E-state index contributed by atoms with van der Waals surface area (Å²) in [6.45, 7) is 3.69. The standard InChI is InChI=1S/C11H16FNO2/c1-9-8-10(2-3-11(9)12)15-7-6-14-5-4-13/h2-3,8H,4-7,13H2,1H3. The highest BCUT2D eigenvalue weighted by Gasteiger charge is 1.99. The van der Waals surface area contributed by atoms with Gasteiger partial charge in [-0.05, 0) is 30.7 Å². The summed E-state index contributed by atoms with van der Waals surface area (Å²) in [4.78, 5) is 0. The minimum Gasteiger partial charge on any atom is -0.491 e. The van der Waals surface area contributed by atoms with Crippen molar-refractivity contribution in [2.24, 2.45) is 5.73 Å². The second-order valence-corrected chi connectivity index (χ2v) is 3.16. The molecule has 0 atom stereocenters. The molecule has 0 aliphatic heterocycles. The van der Waals surface area contributed by atoms with Gasteiger partial charge < -0.3 is 15.2 Å². The molecule has 0 aromatic heterocycles. The largest absolute Gasteiger partial charge is 0.491 e. The molecule has 0 amide bonds. The van der Waals surface area contributed by atoms with E-state index >= 15 is 0 Å². The lowest BCUT2D eigenvalue weighted by atomic mass is 10.2. The normalized spacial score (nSPS) is 10.3. The Morgan fingerprint density at radius 3 is 2.73 bits per heavy atom. The van der Waals surface area contributed by atoms with Crippen molar-refractivity contribution in [3.63, 3.8) is 0 Å². The zero-order chi connectivity index (χ0) is 11.1. The van der Waals surface area contributed by atoms with Gasteiger partial charge in [0.1, 0.15) is 18.2 Å². The molecule has 0 unspecified atom stereocenters. The molecule has 0 aliphatic carbocycles. The molecule has 84 valence electrons. The predicted molar refractivity (Wildman–Crippen MR) is 56.5 cm³/mol. The number of nitrogens with two attached hydrogens (primary N) is 1. The van der Waals surface area contributed by atoms with E-state index in [4.69, 9.17) is 15.2 Å². The molecule has 1 aromatic carbocycles. The number of hydrogen-bond donors (Lipinski definition) is 1. The Bertz CT molecular complexity index is 305. The molecular formula is C11H16FNO2. The smallest absolute Gasteiger partial charge is 0.126 e. The van der Waals surface area contributed by atoms with Crippen molar-refractivity contribution in [1.82, 2.24) is 0 Å². The minimum absolute atomic E-state index is 0.221. The van der Waals surface area contributed by atoms with Gasteiger partial charge in [0.25, 0.3) is 0 Å². The Morgan fingerprint density at radius 2 is 2.07 bits per heavy atom. The first-order valence-electron chi connectivity index (χ1n) is 4.91. The monoisotopic (exact) mass is 213 g/mol. The molecule has 0 saturated heterocycles. The summed E-state index contributed by atoms with van der Waals surface area (Å²) in [7, 11) is 0. The number of rotatable bonds is 6. The maximum atomic E-state index is 12.9. The van der Waals surface area contributed by atoms with Crippen molar-refractivity contribution in [1.29, 1.82) is 0 Å². The Hall–Kier alpha value is -1.13. The summed E-state index contributed by atoms with van der Waals surface area (Å²) in [6.07, 6.45) is 0. The van der Waals surface area contributed by atoms with Crippen molar-refractivity contribution < 1.29 is 13.9 Å². The van der Waals surface area contributed by atoms with E-state index in [1.807, 2.05) is 0 Å². The van der Waals surface area contributed by atoms with E-state index in [1.54, 1.807) is 19.1 Å². The maximum absolute atomic E-state index is 12.9. The molecule has 15 heavy (non-hydrogen) atoms. The van der Waals surface area contributed by atoms with Gasteiger partial charge in [0, 0.05) is 6.54 Å². The fourth-order valence-electron chi connectivity index (χ4n) is 1.11. The SMILES string of the molecule is Cc1cc(OCCOCCN)ccc1F. The number of aryl methyl sites for hydroxylation is 1. The van der Waals surface area contributed by atoms with Crippen molar-refractivity contribution >= 4 is 0 Å². The molecule has 0 fully saturated rings. The molecule has 0 radical (unpaired) electrons. The van der Waals surface area contributed by atoms with Gasteiger partial charge in [0.15, 0.2) is 0 Å². The second kappa shape index (κ2) is 6.37. The molecular weight excluding hydrogens is 197 g/mol. The van der Waals surface area contributed by atoms with Crippen LogP contribution in [0.2, 0.25) is 0 Å². The first-order chi connectivity index (χ1) is 7.24. The Balaban J connectivity index is 2.28. The molecule has 1 aromatic rings. The highest BCUT2D eigenvalue weighted by molar-refractivity contribution is 5.28. The van der Waals surface area contributed by atoms with Gasteiger partial charge in [-0.25, -0.2) is 4.39 Å². The second-order valence-electron chi connectivity index (χ2n) is 3.16. The van der Waals surface area contributed by atoms with Crippen LogP contribution in [0.15, 0.2) is 18.2 Å². The van der Waals surface area contributed by atoms with E-state index in [0.717, 1.165) is 0 Å². The number of benzene rings is 1. The van der Waals surface area contributed by atoms with Crippen LogP contribution in [0, 0.1) is 12.7 Å². The van der Waals surface area contributed by atoms with Crippen molar-refractivity contribution in [2.45, 2.75) is 6.92 Å². The van der Waals surface area contributed by atoms with Gasteiger partial charge in [-0.1, -0.05) is 0 Å². The molecule has 4 heteroatoms. The first kappa shape index (κ1) is 11.9. The third kappa shape index (κ3) is 4.27. The summed E-state index contributed by atoms with van der Waals surface area (Å²) in [5.74, 6) is 0.437. The van der Waals surface area contributed by atoms with E-state index in [0.29, 0.717) is 37.7 Å². The average molecular weight is 213 g/mol. The van der Waals surface area contributed by atoms with E-state index in [9.17, 15) is 4.39 Å². The van der Waals surface area contributed by atoms with Gasteiger partial charge in [0.2, 0.25) is 0 Å². The zero-order valence-electron chi connectivity index (χ0n) is 8.83. The van der Waals surface area contributed by atoms with E-state index < -0.39 is 0 Å². The van der Waals surface area contributed by atoms with Crippen LogP contribution < -0.4 is 10.5 Å². The highest BCUT2D eigenvalue weighted by Crippen LogP contribution is 2.15. The van der Waals surface area contributed by atoms with E-state index in [-0.39, 0.29) is 5.82 Å². The van der Waals surface area contributed by atoms with Crippen LogP contribution in [0.25, 0.3) is 0 Å². The lowest BCUT2D eigenvalue weighted by Gasteiger charge is -2.07. The van der Waals surface area contributed by atoms with Gasteiger partial charge >= 0.3 is 0 Å². The maximum Gasteiger partial charge on any atom is 0.126 e. The van der Waals surface area contributed by atoms with E-state index in [1.165, 1.54) is 6.07 Å². The number of hydrogen-bond acceptors (Lipinski definition) is 3. The van der Waals surface area contributed by atoms with Gasteiger partial charge in [-0.2, -0.15) is 0 Å². The van der Waals surface area contributed by atoms with Crippen LogP contribution in [-0.4, -0.2) is 26.4 Å². The topological polar surface area (TPSA) is 44.5 Å². The molecule has 0 spiro atoms. The Labute approximate surface area is 89.0 Å². The third-order valence-corrected chi connectivity index (χ3v) is 1.89. The van der Waals surface area contributed by atoms with Crippen LogP contribution in [-0.2, 0) is 4.74 Å². The summed E-state index contributed by atoms with van der Waals surface area (Å²) < 4.78 is 23.4.